The van der Waals surface area contributed by atoms with E-state index >= 15 is 0 Å². The number of hydrogen-bond acceptors (Lipinski definition) is 5. The van der Waals surface area contributed by atoms with Crippen molar-refractivity contribution in [1.29, 1.82) is 0 Å². The number of fused-ring (bicyclic) bond motifs is 1. The van der Waals surface area contributed by atoms with Crippen LogP contribution in [0, 0.1) is 11.8 Å². The van der Waals surface area contributed by atoms with Crippen molar-refractivity contribution < 1.29 is 18.4 Å². The fraction of sp³-hybridized carbons (Fsp3) is 0.474. The van der Waals surface area contributed by atoms with E-state index in [1.54, 1.807) is 49.8 Å². The summed E-state index contributed by atoms with van der Waals surface area (Å²) in [6.07, 6.45) is 2.24. The summed E-state index contributed by atoms with van der Waals surface area (Å²) in [6.45, 7) is 7.66. The van der Waals surface area contributed by atoms with Gasteiger partial charge in [0.25, 0.3) is 5.91 Å². The molecule has 148 valence electrons. The van der Waals surface area contributed by atoms with Crippen LogP contribution in [0.2, 0.25) is 0 Å². The van der Waals surface area contributed by atoms with Crippen molar-refractivity contribution in [3.63, 3.8) is 0 Å². The quantitative estimate of drug-likeness (QED) is 0.531. The van der Waals surface area contributed by atoms with Gasteiger partial charge in [-0.2, -0.15) is 4.31 Å². The van der Waals surface area contributed by atoms with Crippen LogP contribution in [0.4, 0.5) is 0 Å². The van der Waals surface area contributed by atoms with Gasteiger partial charge in [-0.15, -0.1) is 0 Å². The Bertz CT molecular complexity index is 897. The van der Waals surface area contributed by atoms with E-state index in [0.29, 0.717) is 17.3 Å². The number of pyridine rings is 1. The second kappa shape index (κ2) is 8.77. The van der Waals surface area contributed by atoms with Crippen molar-refractivity contribution in [2.24, 2.45) is 11.8 Å². The number of sulfonamides is 1. The van der Waals surface area contributed by atoms with Gasteiger partial charge >= 0.3 is 0 Å². The molecule has 0 fully saturated rings. The molecule has 1 atom stereocenters. The van der Waals surface area contributed by atoms with Gasteiger partial charge in [0.15, 0.2) is 0 Å². The standard InChI is InChI=1S/C19H27N3O4S/c1-13(2)9-11-22(18(14(3)4)19(23)21-24)27(25,26)16-7-8-17-15(12-16)6-5-10-20-17/h5-8,10,12-14,18,24H,9,11H2,1-4H3,(H,21,23)/t18-/m1/s1. The van der Waals surface area contributed by atoms with Crippen LogP contribution in [0.1, 0.15) is 34.1 Å². The molecule has 0 aliphatic carbocycles. The molecule has 0 aliphatic heterocycles. The summed E-state index contributed by atoms with van der Waals surface area (Å²) in [5, 5.41) is 9.83. The molecule has 0 saturated carbocycles. The molecule has 27 heavy (non-hydrogen) atoms. The number of amides is 1. The molecule has 0 radical (unpaired) electrons. The number of nitrogens with one attached hydrogen (secondary N) is 1. The van der Waals surface area contributed by atoms with Crippen molar-refractivity contribution in [1.82, 2.24) is 14.8 Å². The number of carbonyl (C=O) groups is 1. The lowest BCUT2D eigenvalue weighted by Gasteiger charge is -2.32. The van der Waals surface area contributed by atoms with E-state index in [0.717, 1.165) is 0 Å². The molecule has 1 amide bonds. The highest BCUT2D eigenvalue weighted by atomic mass is 32.2. The van der Waals surface area contributed by atoms with Crippen LogP contribution in [0.25, 0.3) is 10.9 Å². The number of aromatic nitrogens is 1. The Morgan fingerprint density at radius 3 is 2.52 bits per heavy atom. The molecule has 2 rings (SSSR count). The molecule has 1 aromatic carbocycles. The molecule has 1 aromatic heterocycles. The van der Waals surface area contributed by atoms with Crippen molar-refractivity contribution in [2.75, 3.05) is 6.54 Å². The van der Waals surface area contributed by atoms with Gasteiger partial charge in [0, 0.05) is 18.1 Å². The molecular formula is C19H27N3O4S. The molecule has 0 bridgehead atoms. The second-order valence-corrected chi connectivity index (χ2v) is 9.21. The van der Waals surface area contributed by atoms with E-state index in [9.17, 15) is 13.2 Å². The minimum Gasteiger partial charge on any atom is -0.289 e. The summed E-state index contributed by atoms with van der Waals surface area (Å²) < 4.78 is 28.0. The zero-order valence-electron chi connectivity index (χ0n) is 16.1. The maximum Gasteiger partial charge on any atom is 0.262 e. The van der Waals surface area contributed by atoms with Gasteiger partial charge in [-0.3, -0.25) is 15.0 Å². The van der Waals surface area contributed by atoms with Crippen LogP contribution in [-0.4, -0.2) is 41.4 Å². The van der Waals surface area contributed by atoms with Gasteiger partial charge < -0.3 is 0 Å². The molecule has 0 aliphatic rings. The Balaban J connectivity index is 2.54. The fourth-order valence-electron chi connectivity index (χ4n) is 2.98. The van der Waals surface area contributed by atoms with Crippen LogP contribution in [0.3, 0.4) is 0 Å². The van der Waals surface area contributed by atoms with Gasteiger partial charge in [0.2, 0.25) is 10.0 Å². The summed E-state index contributed by atoms with van der Waals surface area (Å²) in [5.74, 6) is -0.797. The van der Waals surface area contributed by atoms with E-state index in [-0.39, 0.29) is 23.3 Å². The lowest BCUT2D eigenvalue weighted by Crippen LogP contribution is -2.52. The third-order valence-corrected chi connectivity index (χ3v) is 6.31. The zero-order chi connectivity index (χ0) is 20.2. The summed E-state index contributed by atoms with van der Waals surface area (Å²) in [6, 6.07) is 7.24. The minimum absolute atomic E-state index is 0.100. The van der Waals surface area contributed by atoms with Crippen LogP contribution in [-0.2, 0) is 14.8 Å². The smallest absolute Gasteiger partial charge is 0.262 e. The topological polar surface area (TPSA) is 99.6 Å². The first kappa shape index (κ1) is 21.3. The molecule has 1 heterocycles. The number of hydroxylamine groups is 1. The molecular weight excluding hydrogens is 366 g/mol. The van der Waals surface area contributed by atoms with Crippen LogP contribution in [0.15, 0.2) is 41.4 Å². The van der Waals surface area contributed by atoms with Crippen molar-refractivity contribution in [3.05, 3.63) is 36.5 Å². The highest BCUT2D eigenvalue weighted by molar-refractivity contribution is 7.89. The molecule has 0 unspecified atom stereocenters. The van der Waals surface area contributed by atoms with E-state index < -0.39 is 22.0 Å². The summed E-state index contributed by atoms with van der Waals surface area (Å²) in [7, 11) is -3.95. The predicted octanol–water partition coefficient (Wildman–Crippen LogP) is 2.80. The highest BCUT2D eigenvalue weighted by Crippen LogP contribution is 2.26. The van der Waals surface area contributed by atoms with Crippen molar-refractivity contribution >= 4 is 26.8 Å². The Kier molecular flexibility index (Phi) is 6.91. The second-order valence-electron chi connectivity index (χ2n) is 7.32. The Morgan fingerprint density at radius 1 is 1.22 bits per heavy atom. The molecule has 8 heteroatoms. The van der Waals surface area contributed by atoms with Crippen molar-refractivity contribution in [2.45, 2.75) is 45.1 Å². The molecule has 2 aromatic rings. The van der Waals surface area contributed by atoms with Crippen LogP contribution >= 0.6 is 0 Å². The molecule has 2 N–H and O–H groups in total. The normalized spacial score (nSPS) is 13.5. The van der Waals surface area contributed by atoms with Crippen LogP contribution < -0.4 is 5.48 Å². The minimum atomic E-state index is -3.95. The fourth-order valence-corrected chi connectivity index (χ4v) is 4.75. The average molecular weight is 394 g/mol. The van der Waals surface area contributed by atoms with Gasteiger partial charge in [-0.1, -0.05) is 33.8 Å². The number of rotatable bonds is 8. The monoisotopic (exact) mass is 393 g/mol. The van der Waals surface area contributed by atoms with E-state index in [2.05, 4.69) is 4.98 Å². The van der Waals surface area contributed by atoms with Gasteiger partial charge in [0.1, 0.15) is 6.04 Å². The summed E-state index contributed by atoms with van der Waals surface area (Å²) in [4.78, 5) is 16.6. The first-order chi connectivity index (χ1) is 12.7. The number of carbonyl (C=O) groups excluding carboxylic acids is 1. The third kappa shape index (κ3) is 4.82. The Hall–Kier alpha value is -2.03. The SMILES string of the molecule is CC(C)CCN([C@@H](C(=O)NO)C(C)C)S(=O)(=O)c1ccc2ncccc2c1. The first-order valence-electron chi connectivity index (χ1n) is 8.99. The first-order valence-corrected chi connectivity index (χ1v) is 10.4. The van der Waals surface area contributed by atoms with Gasteiger partial charge in [-0.25, -0.2) is 13.9 Å². The highest BCUT2D eigenvalue weighted by Gasteiger charge is 2.37. The van der Waals surface area contributed by atoms with E-state index in [4.69, 9.17) is 5.21 Å². The summed E-state index contributed by atoms with van der Waals surface area (Å²) >= 11 is 0. The lowest BCUT2D eigenvalue weighted by atomic mass is 10.0. The van der Waals surface area contributed by atoms with Gasteiger partial charge in [-0.05, 0) is 42.5 Å². The lowest BCUT2D eigenvalue weighted by molar-refractivity contribution is -0.134. The Labute approximate surface area is 160 Å². The van der Waals surface area contributed by atoms with E-state index in [1.165, 1.54) is 10.4 Å². The number of hydrogen-bond donors (Lipinski definition) is 2. The van der Waals surface area contributed by atoms with Crippen LogP contribution in [0.5, 0.6) is 0 Å². The Morgan fingerprint density at radius 2 is 1.93 bits per heavy atom. The third-order valence-electron chi connectivity index (χ3n) is 4.43. The number of benzene rings is 1. The van der Waals surface area contributed by atoms with E-state index in [1.807, 2.05) is 13.8 Å². The summed E-state index contributed by atoms with van der Waals surface area (Å²) in [5.41, 5.74) is 2.31. The maximum absolute atomic E-state index is 13.4. The molecule has 7 nitrogen and oxygen atoms in total. The predicted molar refractivity (Wildman–Crippen MR) is 104 cm³/mol. The average Bonchev–Trinajstić information content (AvgIpc) is 2.63. The van der Waals surface area contributed by atoms with Gasteiger partial charge in [0.05, 0.1) is 10.4 Å². The zero-order valence-corrected chi connectivity index (χ0v) is 16.9. The van der Waals surface area contributed by atoms with Crippen molar-refractivity contribution in [3.8, 4) is 0 Å². The number of nitrogens with zero attached hydrogens (tertiary/aromatic N) is 2. The molecule has 0 saturated heterocycles. The largest absolute Gasteiger partial charge is 0.289 e. The molecule has 0 spiro atoms. The maximum atomic E-state index is 13.4.